The summed E-state index contributed by atoms with van der Waals surface area (Å²) in [6.07, 6.45) is 3.46. The van der Waals surface area contributed by atoms with Crippen molar-refractivity contribution in [3.8, 4) is 11.5 Å². The first-order valence-electron chi connectivity index (χ1n) is 9.29. The van der Waals surface area contributed by atoms with Crippen LogP contribution in [0.3, 0.4) is 0 Å². The van der Waals surface area contributed by atoms with Gasteiger partial charge in [-0.05, 0) is 78.7 Å². The highest BCUT2D eigenvalue weighted by molar-refractivity contribution is 14.1. The fourth-order valence-electron chi connectivity index (χ4n) is 3.70. The van der Waals surface area contributed by atoms with Gasteiger partial charge in [-0.1, -0.05) is 0 Å². The molecule has 144 valence electrons. The Bertz CT molecular complexity index is 833. The number of halogens is 1. The van der Waals surface area contributed by atoms with E-state index in [0.29, 0.717) is 18.9 Å². The molecule has 1 amide bonds. The van der Waals surface area contributed by atoms with E-state index < -0.39 is 0 Å². The number of likely N-dealkylation sites (tertiary alicyclic amines) is 1. The Kier molecular flexibility index (Phi) is 5.89. The third-order valence-corrected chi connectivity index (χ3v) is 7.07. The van der Waals surface area contributed by atoms with Crippen LogP contribution >= 0.6 is 33.9 Å². The van der Waals surface area contributed by atoms with Crippen LogP contribution in [0.2, 0.25) is 0 Å². The molecule has 2 aliphatic heterocycles. The maximum Gasteiger partial charge on any atom is 0.268 e. The molecule has 27 heavy (non-hydrogen) atoms. The molecule has 7 heteroatoms. The number of ether oxygens (including phenoxy) is 2. The second-order valence-corrected chi connectivity index (χ2v) is 9.79. The van der Waals surface area contributed by atoms with E-state index in [1.54, 1.807) is 18.4 Å². The highest BCUT2D eigenvalue weighted by Gasteiger charge is 2.28. The largest absolute Gasteiger partial charge is 0.493 e. The van der Waals surface area contributed by atoms with Gasteiger partial charge in [-0.3, -0.25) is 9.69 Å². The summed E-state index contributed by atoms with van der Waals surface area (Å²) in [7, 11) is 1.64. The first-order chi connectivity index (χ1) is 13.2. The molecule has 0 unspecified atom stereocenters. The predicted molar refractivity (Wildman–Crippen MR) is 117 cm³/mol. The van der Waals surface area contributed by atoms with Crippen molar-refractivity contribution < 1.29 is 14.3 Å². The lowest BCUT2D eigenvalue weighted by molar-refractivity contribution is 0.0985. The minimum atomic E-state index is 0.0777. The van der Waals surface area contributed by atoms with Gasteiger partial charge in [0.05, 0.1) is 14.9 Å². The summed E-state index contributed by atoms with van der Waals surface area (Å²) in [4.78, 5) is 18.0. The van der Waals surface area contributed by atoms with Crippen LogP contribution in [0, 0.1) is 2.88 Å². The fourth-order valence-corrected chi connectivity index (χ4v) is 5.62. The summed E-state index contributed by atoms with van der Waals surface area (Å²) in [6.45, 7) is 4.61. The first-order valence-corrected chi connectivity index (χ1v) is 11.2. The predicted octanol–water partition coefficient (Wildman–Crippen LogP) is 4.04. The number of carbonyl (C=O) groups excluding carboxylic acids is 1. The SMILES string of the molecule is COc1cc(N2CCc3cc(I)sc3C2=O)ccc1OCCN1CCCC1. The molecule has 0 radical (unpaired) electrons. The molecule has 1 fully saturated rings. The molecule has 3 heterocycles. The van der Waals surface area contributed by atoms with Gasteiger partial charge in [0.2, 0.25) is 0 Å². The minimum absolute atomic E-state index is 0.0777. The Balaban J connectivity index is 1.47. The van der Waals surface area contributed by atoms with Crippen LogP contribution in [0.15, 0.2) is 24.3 Å². The van der Waals surface area contributed by atoms with Crippen molar-refractivity contribution in [3.63, 3.8) is 0 Å². The van der Waals surface area contributed by atoms with Gasteiger partial charge >= 0.3 is 0 Å². The maximum absolute atomic E-state index is 12.9. The zero-order valence-corrected chi connectivity index (χ0v) is 18.3. The number of methoxy groups -OCH3 is 1. The molecule has 0 N–H and O–H groups in total. The Morgan fingerprint density at radius 2 is 1.96 bits per heavy atom. The van der Waals surface area contributed by atoms with E-state index in [-0.39, 0.29) is 5.91 Å². The smallest absolute Gasteiger partial charge is 0.268 e. The van der Waals surface area contributed by atoms with E-state index in [2.05, 4.69) is 33.6 Å². The van der Waals surface area contributed by atoms with Crippen LogP contribution in [0.5, 0.6) is 11.5 Å². The van der Waals surface area contributed by atoms with E-state index in [9.17, 15) is 4.79 Å². The van der Waals surface area contributed by atoms with Crippen LogP contribution in [-0.2, 0) is 6.42 Å². The van der Waals surface area contributed by atoms with Gasteiger partial charge in [0.1, 0.15) is 6.61 Å². The van der Waals surface area contributed by atoms with Gasteiger partial charge < -0.3 is 14.4 Å². The van der Waals surface area contributed by atoms with Crippen molar-refractivity contribution in [2.24, 2.45) is 0 Å². The van der Waals surface area contributed by atoms with Crippen molar-refractivity contribution in [2.45, 2.75) is 19.3 Å². The Morgan fingerprint density at radius 3 is 2.74 bits per heavy atom. The average Bonchev–Trinajstić information content (AvgIpc) is 3.32. The number of amides is 1. The number of fused-ring (bicyclic) bond motifs is 1. The van der Waals surface area contributed by atoms with Gasteiger partial charge in [0, 0.05) is 24.8 Å². The zero-order valence-electron chi connectivity index (χ0n) is 15.4. The third kappa shape index (κ3) is 4.09. The van der Waals surface area contributed by atoms with Gasteiger partial charge in [0.15, 0.2) is 11.5 Å². The molecule has 0 saturated carbocycles. The normalized spacial score (nSPS) is 17.3. The average molecular weight is 498 g/mol. The Morgan fingerprint density at radius 1 is 1.15 bits per heavy atom. The van der Waals surface area contributed by atoms with Gasteiger partial charge in [-0.15, -0.1) is 11.3 Å². The van der Waals surface area contributed by atoms with Gasteiger partial charge in [0.25, 0.3) is 5.91 Å². The lowest BCUT2D eigenvalue weighted by Gasteiger charge is -2.27. The summed E-state index contributed by atoms with van der Waals surface area (Å²) < 4.78 is 12.6. The summed E-state index contributed by atoms with van der Waals surface area (Å²) >= 11 is 3.85. The molecular formula is C20H23IN2O3S. The molecule has 2 aliphatic rings. The highest BCUT2D eigenvalue weighted by atomic mass is 127. The number of anilines is 1. The lowest BCUT2D eigenvalue weighted by atomic mass is 10.1. The maximum atomic E-state index is 12.9. The molecule has 0 aliphatic carbocycles. The van der Waals surface area contributed by atoms with E-state index in [0.717, 1.165) is 32.2 Å². The monoisotopic (exact) mass is 498 g/mol. The number of hydrogen-bond acceptors (Lipinski definition) is 5. The molecule has 5 nitrogen and oxygen atoms in total. The van der Waals surface area contributed by atoms with Crippen LogP contribution in [0.4, 0.5) is 5.69 Å². The number of rotatable bonds is 6. The molecule has 0 atom stereocenters. The fraction of sp³-hybridized carbons (Fsp3) is 0.450. The van der Waals surface area contributed by atoms with Crippen LogP contribution in [-0.4, -0.2) is 50.7 Å². The number of carbonyl (C=O) groups is 1. The quantitative estimate of drug-likeness (QED) is 0.564. The Labute approximate surface area is 177 Å². The van der Waals surface area contributed by atoms with Crippen molar-refractivity contribution in [1.82, 2.24) is 4.90 Å². The standard InChI is InChI=1S/C20H23IN2O3S/c1-25-17-13-15(4-5-16(17)26-11-10-22-7-2-3-8-22)23-9-6-14-12-18(21)27-19(14)20(23)24/h4-5,12-13H,2-3,6-11H2,1H3. The van der Waals surface area contributed by atoms with Crippen molar-refractivity contribution in [2.75, 3.05) is 44.8 Å². The molecule has 2 aromatic rings. The molecule has 1 aromatic heterocycles. The summed E-state index contributed by atoms with van der Waals surface area (Å²) in [5.41, 5.74) is 2.03. The summed E-state index contributed by atoms with van der Waals surface area (Å²) in [6, 6.07) is 7.90. The lowest BCUT2D eigenvalue weighted by Crippen LogP contribution is -2.36. The first kappa shape index (κ1) is 19.0. The molecule has 4 rings (SSSR count). The van der Waals surface area contributed by atoms with Crippen molar-refractivity contribution in [3.05, 3.63) is 37.6 Å². The molecule has 1 saturated heterocycles. The number of benzene rings is 1. The second kappa shape index (κ2) is 8.36. The van der Waals surface area contributed by atoms with Gasteiger partial charge in [-0.25, -0.2) is 0 Å². The molecular weight excluding hydrogens is 475 g/mol. The Hall–Kier alpha value is -1.32. The van der Waals surface area contributed by atoms with E-state index in [4.69, 9.17) is 9.47 Å². The van der Waals surface area contributed by atoms with Crippen molar-refractivity contribution in [1.29, 1.82) is 0 Å². The van der Waals surface area contributed by atoms with Crippen LogP contribution in [0.25, 0.3) is 0 Å². The molecule has 1 aromatic carbocycles. The highest BCUT2D eigenvalue weighted by Crippen LogP contribution is 2.36. The number of thiophene rings is 1. The van der Waals surface area contributed by atoms with E-state index in [1.807, 2.05) is 23.1 Å². The van der Waals surface area contributed by atoms with Gasteiger partial charge in [-0.2, -0.15) is 0 Å². The number of nitrogens with zero attached hydrogens (tertiary/aromatic N) is 2. The van der Waals surface area contributed by atoms with E-state index in [1.165, 1.54) is 31.5 Å². The van der Waals surface area contributed by atoms with Crippen molar-refractivity contribution >= 4 is 45.5 Å². The topological polar surface area (TPSA) is 42.0 Å². The molecule has 0 bridgehead atoms. The minimum Gasteiger partial charge on any atom is -0.493 e. The zero-order chi connectivity index (χ0) is 18.8. The second-order valence-electron chi connectivity index (χ2n) is 6.84. The molecule has 0 spiro atoms. The summed E-state index contributed by atoms with van der Waals surface area (Å²) in [5, 5.41) is 0. The third-order valence-electron chi connectivity index (χ3n) is 5.15. The van der Waals surface area contributed by atoms with E-state index >= 15 is 0 Å². The number of hydrogen-bond donors (Lipinski definition) is 0. The summed E-state index contributed by atoms with van der Waals surface area (Å²) in [5.74, 6) is 1.48. The van der Waals surface area contributed by atoms with Crippen LogP contribution < -0.4 is 14.4 Å². The van der Waals surface area contributed by atoms with Crippen LogP contribution in [0.1, 0.15) is 28.1 Å².